The zero-order valence-corrected chi connectivity index (χ0v) is 14.4. The minimum atomic E-state index is -0.314. The Morgan fingerprint density at radius 1 is 1.04 bits per heavy atom. The molecule has 2 aromatic carbocycles. The van der Waals surface area contributed by atoms with Gasteiger partial charge in [0.25, 0.3) is 0 Å². The fourth-order valence-corrected chi connectivity index (χ4v) is 2.94. The van der Waals surface area contributed by atoms with E-state index in [0.29, 0.717) is 11.3 Å². The van der Waals surface area contributed by atoms with Gasteiger partial charge >= 0.3 is 0 Å². The first-order valence-electron chi connectivity index (χ1n) is 7.23. The first kappa shape index (κ1) is 16.2. The molecule has 0 unspecified atom stereocenters. The van der Waals surface area contributed by atoms with Gasteiger partial charge in [0.05, 0.1) is 5.69 Å². The van der Waals surface area contributed by atoms with Gasteiger partial charge in [0.2, 0.25) is 0 Å². The summed E-state index contributed by atoms with van der Waals surface area (Å²) in [7, 11) is 0. The van der Waals surface area contributed by atoms with Crippen LogP contribution in [0, 0.1) is 24.1 Å². The average molecular weight is 382 g/mol. The highest BCUT2D eigenvalue weighted by atomic mass is 79.9. The van der Waals surface area contributed by atoms with Crippen molar-refractivity contribution in [1.29, 1.82) is 5.26 Å². The standard InChI is InChI=1S/C19H13BrFN3/c1-11-17(12-2-6-14(20)7-3-12)16(10-22)19(23)24-18(11)13-4-8-15(21)9-5-13/h2-9H,1H3,(H2,23,24). The van der Waals surface area contributed by atoms with E-state index in [9.17, 15) is 9.65 Å². The van der Waals surface area contributed by atoms with Crippen molar-refractivity contribution in [1.82, 2.24) is 4.98 Å². The maximum atomic E-state index is 13.2. The van der Waals surface area contributed by atoms with Crippen molar-refractivity contribution in [2.45, 2.75) is 6.92 Å². The van der Waals surface area contributed by atoms with Gasteiger partial charge in [-0.25, -0.2) is 9.37 Å². The highest BCUT2D eigenvalue weighted by Crippen LogP contribution is 2.36. The number of hydrogen-bond acceptors (Lipinski definition) is 3. The van der Waals surface area contributed by atoms with Crippen molar-refractivity contribution in [3.05, 3.63) is 69.9 Å². The van der Waals surface area contributed by atoms with Crippen LogP contribution in [0.5, 0.6) is 0 Å². The molecule has 0 spiro atoms. The fourth-order valence-electron chi connectivity index (χ4n) is 2.67. The van der Waals surface area contributed by atoms with E-state index in [-0.39, 0.29) is 11.6 Å². The van der Waals surface area contributed by atoms with Gasteiger partial charge < -0.3 is 5.73 Å². The number of anilines is 1. The second-order valence-electron chi connectivity index (χ2n) is 5.35. The molecule has 3 aromatic rings. The summed E-state index contributed by atoms with van der Waals surface area (Å²) >= 11 is 3.41. The number of nitrogen functional groups attached to an aromatic ring is 1. The smallest absolute Gasteiger partial charge is 0.142 e. The summed E-state index contributed by atoms with van der Waals surface area (Å²) in [4.78, 5) is 4.37. The SMILES string of the molecule is Cc1c(-c2ccc(F)cc2)nc(N)c(C#N)c1-c1ccc(Br)cc1. The molecule has 5 heteroatoms. The first-order valence-corrected chi connectivity index (χ1v) is 8.02. The monoisotopic (exact) mass is 381 g/mol. The predicted octanol–water partition coefficient (Wildman–Crippen LogP) is 5.08. The summed E-state index contributed by atoms with van der Waals surface area (Å²) in [6, 6.07) is 15.9. The Morgan fingerprint density at radius 3 is 2.21 bits per heavy atom. The second-order valence-corrected chi connectivity index (χ2v) is 6.26. The molecule has 0 aliphatic rings. The summed E-state index contributed by atoms with van der Waals surface area (Å²) in [5, 5.41) is 9.51. The van der Waals surface area contributed by atoms with Crippen LogP contribution in [0.25, 0.3) is 22.4 Å². The molecule has 2 N–H and O–H groups in total. The summed E-state index contributed by atoms with van der Waals surface area (Å²) in [6.45, 7) is 1.89. The third-order valence-electron chi connectivity index (χ3n) is 3.83. The average Bonchev–Trinajstić information content (AvgIpc) is 2.58. The molecule has 0 saturated carbocycles. The molecule has 1 aromatic heterocycles. The molecule has 3 nitrogen and oxygen atoms in total. The second kappa shape index (κ2) is 6.42. The number of nitriles is 1. The molecule has 0 aliphatic carbocycles. The molecule has 0 saturated heterocycles. The van der Waals surface area contributed by atoms with Crippen molar-refractivity contribution >= 4 is 21.7 Å². The Bertz CT molecular complexity index is 942. The number of pyridine rings is 1. The Labute approximate surface area is 147 Å². The topological polar surface area (TPSA) is 62.7 Å². The predicted molar refractivity (Wildman–Crippen MR) is 96.6 cm³/mol. The molecule has 3 rings (SSSR count). The van der Waals surface area contributed by atoms with Crippen LogP contribution in [-0.2, 0) is 0 Å². The molecule has 0 radical (unpaired) electrons. The van der Waals surface area contributed by atoms with Gasteiger partial charge in [-0.1, -0.05) is 28.1 Å². The minimum Gasteiger partial charge on any atom is -0.383 e. The molecule has 0 amide bonds. The van der Waals surface area contributed by atoms with Gasteiger partial charge in [0, 0.05) is 15.6 Å². The lowest BCUT2D eigenvalue weighted by molar-refractivity contribution is 0.628. The van der Waals surface area contributed by atoms with Crippen LogP contribution in [0.1, 0.15) is 11.1 Å². The highest BCUT2D eigenvalue weighted by molar-refractivity contribution is 9.10. The van der Waals surface area contributed by atoms with Gasteiger partial charge in [-0.2, -0.15) is 5.26 Å². The van der Waals surface area contributed by atoms with E-state index < -0.39 is 0 Å². The van der Waals surface area contributed by atoms with Gasteiger partial charge in [-0.15, -0.1) is 0 Å². The normalized spacial score (nSPS) is 10.4. The molecule has 0 aliphatic heterocycles. The minimum absolute atomic E-state index is 0.167. The zero-order chi connectivity index (χ0) is 17.3. The van der Waals surface area contributed by atoms with Crippen LogP contribution in [0.3, 0.4) is 0 Å². The Kier molecular flexibility index (Phi) is 4.32. The van der Waals surface area contributed by atoms with E-state index in [2.05, 4.69) is 27.0 Å². The van der Waals surface area contributed by atoms with Crippen LogP contribution >= 0.6 is 15.9 Å². The molecular formula is C19H13BrFN3. The molecule has 24 heavy (non-hydrogen) atoms. The maximum absolute atomic E-state index is 13.2. The van der Waals surface area contributed by atoms with Crippen molar-refractivity contribution in [2.24, 2.45) is 0 Å². The largest absolute Gasteiger partial charge is 0.383 e. The van der Waals surface area contributed by atoms with Crippen molar-refractivity contribution in [3.8, 4) is 28.5 Å². The third-order valence-corrected chi connectivity index (χ3v) is 4.36. The number of nitrogens with zero attached hydrogens (tertiary/aromatic N) is 2. The van der Waals surface area contributed by atoms with E-state index in [1.165, 1.54) is 12.1 Å². The lowest BCUT2D eigenvalue weighted by Crippen LogP contribution is -2.03. The van der Waals surface area contributed by atoms with Crippen LogP contribution in [0.4, 0.5) is 10.2 Å². The van der Waals surface area contributed by atoms with E-state index in [0.717, 1.165) is 26.7 Å². The van der Waals surface area contributed by atoms with Crippen LogP contribution < -0.4 is 5.73 Å². The van der Waals surface area contributed by atoms with Crippen molar-refractivity contribution in [3.63, 3.8) is 0 Å². The quantitative estimate of drug-likeness (QED) is 0.672. The Balaban J connectivity index is 2.29. The van der Waals surface area contributed by atoms with Crippen molar-refractivity contribution in [2.75, 3.05) is 5.73 Å². The number of halogens is 2. The van der Waals surface area contributed by atoms with Crippen LogP contribution in [0.15, 0.2) is 53.0 Å². The van der Waals surface area contributed by atoms with Gasteiger partial charge in [0.15, 0.2) is 0 Å². The summed E-state index contributed by atoms with van der Waals surface area (Å²) in [5.41, 5.74) is 10.2. The highest BCUT2D eigenvalue weighted by Gasteiger charge is 2.18. The summed E-state index contributed by atoms with van der Waals surface area (Å²) < 4.78 is 14.1. The third kappa shape index (κ3) is 2.89. The number of aromatic nitrogens is 1. The Hall–Kier alpha value is -2.71. The first-order chi connectivity index (χ1) is 11.5. The number of hydrogen-bond donors (Lipinski definition) is 1. The molecule has 118 valence electrons. The molecule has 1 heterocycles. The lowest BCUT2D eigenvalue weighted by Gasteiger charge is -2.15. The van der Waals surface area contributed by atoms with E-state index in [1.54, 1.807) is 12.1 Å². The van der Waals surface area contributed by atoms with Gasteiger partial charge in [0.1, 0.15) is 23.3 Å². The molecule has 0 bridgehead atoms. The van der Waals surface area contributed by atoms with Gasteiger partial charge in [-0.05, 0) is 54.4 Å². The summed E-state index contributed by atoms with van der Waals surface area (Å²) in [5.74, 6) is -0.147. The van der Waals surface area contributed by atoms with Crippen molar-refractivity contribution < 1.29 is 4.39 Å². The number of rotatable bonds is 2. The van der Waals surface area contributed by atoms with Crippen LogP contribution in [0.2, 0.25) is 0 Å². The molecule has 0 atom stereocenters. The van der Waals surface area contributed by atoms with E-state index in [1.807, 2.05) is 31.2 Å². The van der Waals surface area contributed by atoms with E-state index in [4.69, 9.17) is 5.73 Å². The van der Waals surface area contributed by atoms with Gasteiger partial charge in [-0.3, -0.25) is 0 Å². The number of benzene rings is 2. The molecule has 0 fully saturated rings. The Morgan fingerprint density at radius 2 is 1.62 bits per heavy atom. The lowest BCUT2D eigenvalue weighted by atomic mass is 9.93. The molecular weight excluding hydrogens is 369 g/mol. The number of nitrogens with two attached hydrogens (primary N) is 1. The van der Waals surface area contributed by atoms with E-state index >= 15 is 0 Å². The maximum Gasteiger partial charge on any atom is 0.142 e. The summed E-state index contributed by atoms with van der Waals surface area (Å²) in [6.07, 6.45) is 0. The van der Waals surface area contributed by atoms with Crippen LogP contribution in [-0.4, -0.2) is 4.98 Å². The zero-order valence-electron chi connectivity index (χ0n) is 12.8. The fraction of sp³-hybridized carbons (Fsp3) is 0.0526.